The van der Waals surface area contributed by atoms with Crippen LogP contribution in [0, 0.1) is 5.92 Å². The van der Waals surface area contributed by atoms with Crippen molar-refractivity contribution in [1.29, 1.82) is 0 Å². The van der Waals surface area contributed by atoms with Gasteiger partial charge in [-0.2, -0.15) is 5.16 Å². The molecule has 1 saturated heterocycles. The fourth-order valence-electron chi connectivity index (χ4n) is 2.51. The maximum absolute atomic E-state index is 11.0. The fourth-order valence-corrected chi connectivity index (χ4v) is 2.51. The molecule has 0 aliphatic carbocycles. The van der Waals surface area contributed by atoms with E-state index in [0.717, 1.165) is 25.1 Å². The van der Waals surface area contributed by atoms with E-state index in [0.29, 0.717) is 17.9 Å². The predicted molar refractivity (Wildman–Crippen MR) is 62.5 cm³/mol. The van der Waals surface area contributed by atoms with E-state index >= 15 is 0 Å². The molecule has 4 nitrogen and oxygen atoms in total. The Balaban J connectivity index is 1.99. The van der Waals surface area contributed by atoms with Crippen LogP contribution in [0.3, 0.4) is 0 Å². The highest BCUT2D eigenvalue weighted by Crippen LogP contribution is 2.28. The molecule has 0 radical (unpaired) electrons. The fraction of sp³-hybridized carbons (Fsp3) is 0.750. The van der Waals surface area contributed by atoms with Crippen molar-refractivity contribution in [2.24, 2.45) is 5.92 Å². The van der Waals surface area contributed by atoms with Crippen LogP contribution in [-0.2, 0) is 0 Å². The molecule has 1 aromatic heterocycles. The van der Waals surface area contributed by atoms with Gasteiger partial charge < -0.3 is 9.84 Å². The van der Waals surface area contributed by atoms with Crippen molar-refractivity contribution in [3.8, 4) is 0 Å². The van der Waals surface area contributed by atoms with E-state index in [-0.39, 0.29) is 5.56 Å². The molecule has 0 bridgehead atoms. The van der Waals surface area contributed by atoms with Crippen LogP contribution in [0.2, 0.25) is 0 Å². The Morgan fingerprint density at radius 1 is 1.56 bits per heavy atom. The largest absolute Gasteiger partial charge is 0.383 e. The third-order valence-electron chi connectivity index (χ3n) is 3.20. The van der Waals surface area contributed by atoms with Gasteiger partial charge in [0.25, 0.3) is 5.56 Å². The SMILES string of the molecule is CC(C)CC1CC(c2cc(=O)[nH]o2)CCN1. The zero-order valence-electron chi connectivity index (χ0n) is 9.95. The van der Waals surface area contributed by atoms with E-state index in [1.165, 1.54) is 6.42 Å². The van der Waals surface area contributed by atoms with Crippen molar-refractivity contribution in [1.82, 2.24) is 10.5 Å². The molecule has 16 heavy (non-hydrogen) atoms. The molecule has 2 rings (SSSR count). The number of aromatic amines is 1. The molecule has 2 heterocycles. The van der Waals surface area contributed by atoms with Crippen LogP contribution in [0.4, 0.5) is 0 Å². The summed E-state index contributed by atoms with van der Waals surface area (Å²) in [4.78, 5) is 11.0. The van der Waals surface area contributed by atoms with Gasteiger partial charge in [0.15, 0.2) is 0 Å². The summed E-state index contributed by atoms with van der Waals surface area (Å²) < 4.78 is 5.19. The summed E-state index contributed by atoms with van der Waals surface area (Å²) in [5.74, 6) is 1.92. The lowest BCUT2D eigenvalue weighted by Gasteiger charge is -2.30. The lowest BCUT2D eigenvalue weighted by molar-refractivity contribution is 0.274. The van der Waals surface area contributed by atoms with Gasteiger partial charge in [-0.15, -0.1) is 0 Å². The Labute approximate surface area is 95.4 Å². The standard InChI is InChI=1S/C12H20N2O2/c1-8(2)5-10-6-9(3-4-13-10)11-7-12(15)14-16-11/h7-10,13H,3-6H2,1-2H3,(H,14,15). The summed E-state index contributed by atoms with van der Waals surface area (Å²) in [5, 5.41) is 5.90. The van der Waals surface area contributed by atoms with Crippen molar-refractivity contribution in [3.63, 3.8) is 0 Å². The quantitative estimate of drug-likeness (QED) is 0.823. The van der Waals surface area contributed by atoms with Crippen LogP contribution in [0.1, 0.15) is 44.8 Å². The monoisotopic (exact) mass is 224 g/mol. The minimum absolute atomic E-state index is 0.131. The number of hydrogen-bond acceptors (Lipinski definition) is 3. The molecule has 2 N–H and O–H groups in total. The number of nitrogens with one attached hydrogen (secondary N) is 2. The molecule has 0 amide bonds. The Hall–Kier alpha value is -1.03. The summed E-state index contributed by atoms with van der Waals surface area (Å²) in [7, 11) is 0. The Morgan fingerprint density at radius 2 is 2.38 bits per heavy atom. The first kappa shape index (κ1) is 11.5. The van der Waals surface area contributed by atoms with Crippen LogP contribution in [0.5, 0.6) is 0 Å². The molecule has 4 heteroatoms. The third kappa shape index (κ3) is 2.76. The third-order valence-corrected chi connectivity index (χ3v) is 3.20. The van der Waals surface area contributed by atoms with Crippen molar-refractivity contribution >= 4 is 0 Å². The summed E-state index contributed by atoms with van der Waals surface area (Å²) >= 11 is 0. The lowest BCUT2D eigenvalue weighted by Crippen LogP contribution is -2.38. The normalized spacial score (nSPS) is 26.2. The number of rotatable bonds is 3. The second-order valence-corrected chi connectivity index (χ2v) is 5.12. The summed E-state index contributed by atoms with van der Waals surface area (Å²) in [6, 6.07) is 2.14. The molecule has 90 valence electrons. The minimum atomic E-state index is -0.131. The van der Waals surface area contributed by atoms with Gasteiger partial charge in [-0.3, -0.25) is 4.79 Å². The first-order valence-corrected chi connectivity index (χ1v) is 6.07. The van der Waals surface area contributed by atoms with E-state index in [1.54, 1.807) is 6.07 Å². The van der Waals surface area contributed by atoms with Crippen molar-refractivity contribution in [2.75, 3.05) is 6.54 Å². The molecule has 2 unspecified atom stereocenters. The second-order valence-electron chi connectivity index (χ2n) is 5.12. The molecular formula is C12H20N2O2. The van der Waals surface area contributed by atoms with Crippen molar-refractivity contribution < 1.29 is 4.52 Å². The highest BCUT2D eigenvalue weighted by Gasteiger charge is 2.25. The highest BCUT2D eigenvalue weighted by molar-refractivity contribution is 5.04. The van der Waals surface area contributed by atoms with Gasteiger partial charge in [0.1, 0.15) is 5.76 Å². The van der Waals surface area contributed by atoms with Crippen LogP contribution in [0.25, 0.3) is 0 Å². The number of aromatic nitrogens is 1. The van der Waals surface area contributed by atoms with Crippen LogP contribution < -0.4 is 10.9 Å². The summed E-state index contributed by atoms with van der Waals surface area (Å²) in [6.45, 7) is 5.49. The smallest absolute Gasteiger partial charge is 0.280 e. The van der Waals surface area contributed by atoms with Gasteiger partial charge in [-0.05, 0) is 31.7 Å². The summed E-state index contributed by atoms with van der Waals surface area (Å²) in [6.07, 6.45) is 3.31. The average molecular weight is 224 g/mol. The van der Waals surface area contributed by atoms with Gasteiger partial charge in [0, 0.05) is 18.0 Å². The van der Waals surface area contributed by atoms with E-state index in [9.17, 15) is 4.79 Å². The minimum Gasteiger partial charge on any atom is -0.383 e. The Morgan fingerprint density at radius 3 is 3.00 bits per heavy atom. The van der Waals surface area contributed by atoms with Gasteiger partial charge >= 0.3 is 0 Å². The van der Waals surface area contributed by atoms with E-state index in [1.807, 2.05) is 0 Å². The molecule has 0 spiro atoms. The molecular weight excluding hydrogens is 204 g/mol. The molecule has 1 aliphatic heterocycles. The Kier molecular flexibility index (Phi) is 3.49. The van der Waals surface area contributed by atoms with Gasteiger partial charge in [0.05, 0.1) is 0 Å². The molecule has 1 aromatic rings. The maximum Gasteiger partial charge on any atom is 0.280 e. The summed E-state index contributed by atoms with van der Waals surface area (Å²) in [5.41, 5.74) is -0.131. The molecule has 1 aliphatic rings. The van der Waals surface area contributed by atoms with E-state index in [4.69, 9.17) is 4.52 Å². The van der Waals surface area contributed by atoms with Gasteiger partial charge in [0.2, 0.25) is 0 Å². The molecule has 2 atom stereocenters. The number of H-pyrrole nitrogens is 1. The van der Waals surface area contributed by atoms with E-state index in [2.05, 4.69) is 24.3 Å². The average Bonchev–Trinajstić information content (AvgIpc) is 2.64. The molecule has 0 aromatic carbocycles. The first-order valence-electron chi connectivity index (χ1n) is 6.07. The van der Waals surface area contributed by atoms with Gasteiger partial charge in [-0.1, -0.05) is 13.8 Å². The predicted octanol–water partition coefficient (Wildman–Crippen LogP) is 1.85. The molecule has 0 saturated carbocycles. The zero-order chi connectivity index (χ0) is 11.5. The highest BCUT2D eigenvalue weighted by atomic mass is 16.5. The van der Waals surface area contributed by atoms with Gasteiger partial charge in [-0.25, -0.2) is 0 Å². The van der Waals surface area contributed by atoms with Crippen molar-refractivity contribution in [2.45, 2.75) is 45.1 Å². The molecule has 1 fully saturated rings. The second kappa shape index (κ2) is 4.87. The maximum atomic E-state index is 11.0. The van der Waals surface area contributed by atoms with Crippen molar-refractivity contribution in [3.05, 3.63) is 22.2 Å². The number of hydrogen-bond donors (Lipinski definition) is 2. The number of piperidine rings is 1. The Bertz CT molecular complexity index is 380. The van der Waals surface area contributed by atoms with E-state index < -0.39 is 0 Å². The zero-order valence-corrected chi connectivity index (χ0v) is 9.95. The first-order chi connectivity index (χ1) is 7.65. The van der Waals surface area contributed by atoms with Crippen LogP contribution in [0.15, 0.2) is 15.4 Å². The lowest BCUT2D eigenvalue weighted by atomic mass is 9.87. The van der Waals surface area contributed by atoms with Crippen LogP contribution in [-0.4, -0.2) is 17.7 Å². The van der Waals surface area contributed by atoms with Crippen LogP contribution >= 0.6 is 0 Å². The topological polar surface area (TPSA) is 58.0 Å².